The van der Waals surface area contributed by atoms with Gasteiger partial charge in [0.15, 0.2) is 0 Å². The first-order valence-corrected chi connectivity index (χ1v) is 8.27. The fraction of sp³-hybridized carbons (Fsp3) is 0.312. The first-order chi connectivity index (χ1) is 10.9. The molecule has 23 heavy (non-hydrogen) atoms. The van der Waals surface area contributed by atoms with Gasteiger partial charge in [-0.15, -0.1) is 0 Å². The second kappa shape index (κ2) is 6.00. The number of hydrogen-bond donors (Lipinski definition) is 1. The van der Waals surface area contributed by atoms with Crippen LogP contribution in [-0.4, -0.2) is 25.5 Å². The lowest BCUT2D eigenvalue weighted by molar-refractivity contribution is 0.102. The van der Waals surface area contributed by atoms with Crippen LogP contribution in [0.25, 0.3) is 0 Å². The highest BCUT2D eigenvalue weighted by Gasteiger charge is 2.17. The number of nitrogens with one attached hydrogen (secondary N) is 1. The Kier molecular flexibility index (Phi) is 4.04. The molecular weight excluding hydrogens is 310 g/mol. The molecule has 120 valence electrons. The molecule has 3 heterocycles. The van der Waals surface area contributed by atoms with Crippen molar-refractivity contribution in [1.29, 1.82) is 0 Å². The average Bonchev–Trinajstić information content (AvgIpc) is 3.20. The van der Waals surface area contributed by atoms with Gasteiger partial charge < -0.3 is 5.32 Å². The number of carbonyl (C=O) groups is 1. The molecule has 6 nitrogen and oxygen atoms in total. The third-order valence-corrected chi connectivity index (χ3v) is 4.13. The van der Waals surface area contributed by atoms with Crippen LogP contribution in [0.2, 0.25) is 0 Å². The van der Waals surface area contributed by atoms with Crippen molar-refractivity contribution in [1.82, 2.24) is 19.6 Å². The molecule has 0 saturated heterocycles. The Balaban J connectivity index is 1.73. The summed E-state index contributed by atoms with van der Waals surface area (Å²) in [5.74, 6) is 0.484. The van der Waals surface area contributed by atoms with E-state index in [1.165, 1.54) is 0 Å². The monoisotopic (exact) mass is 329 g/mol. The Hall–Kier alpha value is -2.41. The Morgan fingerprint density at radius 1 is 1.30 bits per heavy atom. The number of thiophene rings is 1. The molecule has 0 saturated carbocycles. The summed E-state index contributed by atoms with van der Waals surface area (Å²) in [5.41, 5.74) is 1.54. The van der Waals surface area contributed by atoms with Gasteiger partial charge in [0.05, 0.1) is 30.0 Å². The van der Waals surface area contributed by atoms with Gasteiger partial charge >= 0.3 is 0 Å². The smallest absolute Gasteiger partial charge is 0.259 e. The van der Waals surface area contributed by atoms with Crippen LogP contribution >= 0.6 is 11.3 Å². The number of nitrogens with zero attached hydrogens (tertiary/aromatic N) is 4. The third kappa shape index (κ3) is 3.50. The minimum absolute atomic E-state index is 0.154. The summed E-state index contributed by atoms with van der Waals surface area (Å²) >= 11 is 1.64. The van der Waals surface area contributed by atoms with Crippen LogP contribution in [0, 0.1) is 0 Å². The van der Waals surface area contributed by atoms with E-state index in [0.717, 1.165) is 5.56 Å². The molecule has 0 aliphatic heterocycles. The zero-order chi connectivity index (χ0) is 16.4. The van der Waals surface area contributed by atoms with Crippen molar-refractivity contribution < 1.29 is 4.79 Å². The molecule has 1 N–H and O–H groups in total. The quantitative estimate of drug-likeness (QED) is 0.799. The normalized spacial score (nSPS) is 11.6. The first kappa shape index (κ1) is 15.5. The van der Waals surface area contributed by atoms with Crippen LogP contribution in [0.4, 0.5) is 5.82 Å². The van der Waals surface area contributed by atoms with Crippen LogP contribution < -0.4 is 5.32 Å². The number of hydrogen-bond acceptors (Lipinski definition) is 4. The molecule has 0 aliphatic carbocycles. The second-order valence-electron chi connectivity index (χ2n) is 6.30. The highest BCUT2D eigenvalue weighted by atomic mass is 32.1. The van der Waals surface area contributed by atoms with Crippen molar-refractivity contribution in [3.05, 3.63) is 52.6 Å². The van der Waals surface area contributed by atoms with Gasteiger partial charge in [-0.3, -0.25) is 9.48 Å². The van der Waals surface area contributed by atoms with Gasteiger partial charge in [-0.1, -0.05) is 0 Å². The molecular formula is C16H19N5OS. The highest BCUT2D eigenvalue weighted by molar-refractivity contribution is 7.07. The van der Waals surface area contributed by atoms with E-state index in [4.69, 9.17) is 0 Å². The first-order valence-electron chi connectivity index (χ1n) is 7.33. The van der Waals surface area contributed by atoms with E-state index in [2.05, 4.69) is 20.9 Å². The Bertz CT molecular complexity index is 795. The van der Waals surface area contributed by atoms with Gasteiger partial charge in [0.25, 0.3) is 5.91 Å². The largest absolute Gasteiger partial charge is 0.307 e. The van der Waals surface area contributed by atoms with Gasteiger partial charge in [0.1, 0.15) is 5.82 Å². The van der Waals surface area contributed by atoms with Crippen LogP contribution in [0.15, 0.2) is 41.5 Å². The van der Waals surface area contributed by atoms with Crippen LogP contribution in [-0.2, 0) is 12.1 Å². The summed E-state index contributed by atoms with van der Waals surface area (Å²) in [6.45, 7) is 6.75. The number of carbonyl (C=O) groups excluding carboxylic acids is 1. The molecule has 0 unspecified atom stereocenters. The lowest BCUT2D eigenvalue weighted by Gasteiger charge is -2.18. The maximum atomic E-state index is 12.4. The van der Waals surface area contributed by atoms with Crippen LogP contribution in [0.1, 0.15) is 36.7 Å². The summed E-state index contributed by atoms with van der Waals surface area (Å²) in [6, 6.07) is 3.84. The van der Waals surface area contributed by atoms with Crippen LogP contribution in [0.5, 0.6) is 0 Å². The fourth-order valence-electron chi connectivity index (χ4n) is 2.12. The minimum atomic E-state index is -0.187. The molecule has 3 aromatic rings. The Morgan fingerprint density at radius 3 is 2.78 bits per heavy atom. The Morgan fingerprint density at radius 2 is 2.13 bits per heavy atom. The fourth-order valence-corrected chi connectivity index (χ4v) is 2.78. The molecule has 0 bridgehead atoms. The van der Waals surface area contributed by atoms with Crippen molar-refractivity contribution in [2.24, 2.45) is 0 Å². The van der Waals surface area contributed by atoms with E-state index in [0.29, 0.717) is 17.9 Å². The summed E-state index contributed by atoms with van der Waals surface area (Å²) in [7, 11) is 0. The van der Waals surface area contributed by atoms with Gasteiger partial charge in [-0.25, -0.2) is 4.68 Å². The zero-order valence-corrected chi connectivity index (χ0v) is 14.2. The third-order valence-electron chi connectivity index (χ3n) is 3.40. The highest BCUT2D eigenvalue weighted by Crippen LogP contribution is 2.16. The molecule has 0 atom stereocenters. The molecule has 0 radical (unpaired) electrons. The van der Waals surface area contributed by atoms with Gasteiger partial charge in [0.2, 0.25) is 0 Å². The molecule has 3 rings (SSSR count). The molecule has 1 amide bonds. The molecule has 7 heteroatoms. The van der Waals surface area contributed by atoms with Crippen molar-refractivity contribution in [3.8, 4) is 0 Å². The molecule has 0 spiro atoms. The van der Waals surface area contributed by atoms with E-state index in [9.17, 15) is 4.79 Å². The summed E-state index contributed by atoms with van der Waals surface area (Å²) in [5, 5.41) is 15.5. The molecule has 0 fully saturated rings. The summed E-state index contributed by atoms with van der Waals surface area (Å²) in [6.07, 6.45) is 5.02. The number of amides is 1. The predicted molar refractivity (Wildman–Crippen MR) is 90.8 cm³/mol. The average molecular weight is 329 g/mol. The van der Waals surface area contributed by atoms with Gasteiger partial charge in [-0.2, -0.15) is 21.5 Å². The maximum absolute atomic E-state index is 12.4. The maximum Gasteiger partial charge on any atom is 0.259 e. The van der Waals surface area contributed by atoms with E-state index in [1.807, 2.05) is 32.2 Å². The van der Waals surface area contributed by atoms with Crippen molar-refractivity contribution in [2.75, 3.05) is 5.32 Å². The van der Waals surface area contributed by atoms with E-state index in [1.54, 1.807) is 45.4 Å². The van der Waals surface area contributed by atoms with Crippen molar-refractivity contribution in [2.45, 2.75) is 32.9 Å². The van der Waals surface area contributed by atoms with E-state index in [-0.39, 0.29) is 11.4 Å². The molecule has 0 aliphatic rings. The molecule has 3 aromatic heterocycles. The lowest BCUT2D eigenvalue weighted by atomic mass is 10.1. The number of rotatable bonds is 4. The van der Waals surface area contributed by atoms with Gasteiger partial charge in [-0.05, 0) is 43.2 Å². The van der Waals surface area contributed by atoms with E-state index < -0.39 is 0 Å². The Labute approximate surface area is 138 Å². The van der Waals surface area contributed by atoms with Crippen molar-refractivity contribution >= 4 is 23.1 Å². The standard InChI is InChI=1S/C16H19N5OS/c1-16(2,3)21-10-13(8-18-21)15(22)19-14-4-6-17-20(14)9-12-5-7-23-11-12/h4-8,10-11H,9H2,1-3H3,(H,19,22). The predicted octanol–water partition coefficient (Wildman–Crippen LogP) is 3.20. The van der Waals surface area contributed by atoms with E-state index >= 15 is 0 Å². The SMILES string of the molecule is CC(C)(C)n1cc(C(=O)Nc2ccnn2Cc2ccsc2)cn1. The topological polar surface area (TPSA) is 64.7 Å². The summed E-state index contributed by atoms with van der Waals surface area (Å²) < 4.78 is 3.55. The number of aromatic nitrogens is 4. The van der Waals surface area contributed by atoms with Gasteiger partial charge in [0, 0.05) is 12.3 Å². The van der Waals surface area contributed by atoms with Crippen LogP contribution in [0.3, 0.4) is 0 Å². The second-order valence-corrected chi connectivity index (χ2v) is 7.08. The minimum Gasteiger partial charge on any atom is -0.307 e. The van der Waals surface area contributed by atoms with Crippen molar-refractivity contribution in [3.63, 3.8) is 0 Å². The zero-order valence-electron chi connectivity index (χ0n) is 13.4. The number of anilines is 1. The summed E-state index contributed by atoms with van der Waals surface area (Å²) in [4.78, 5) is 12.4. The molecule has 0 aromatic carbocycles. The lowest BCUT2D eigenvalue weighted by Crippen LogP contribution is -2.22.